The third kappa shape index (κ3) is 3.30. The Hall–Kier alpha value is -2.44. The smallest absolute Gasteiger partial charge is 0.341 e. The zero-order chi connectivity index (χ0) is 20.8. The van der Waals surface area contributed by atoms with Gasteiger partial charge < -0.3 is 14.6 Å². The molecule has 4 rings (SSSR count). The van der Waals surface area contributed by atoms with E-state index in [4.69, 9.17) is 0 Å². The summed E-state index contributed by atoms with van der Waals surface area (Å²) in [5, 5.41) is 9.02. The highest BCUT2D eigenvalue weighted by Crippen LogP contribution is 2.45. The van der Waals surface area contributed by atoms with Gasteiger partial charge in [0.1, 0.15) is 17.1 Å². The van der Waals surface area contributed by atoms with E-state index in [1.54, 1.807) is 11.8 Å². The molecule has 1 aromatic heterocycles. The number of carboxylic acids is 1. The monoisotopic (exact) mass is 404 g/mol. The third-order valence-corrected chi connectivity index (χ3v) is 6.86. The topological polar surface area (TPSA) is 62.5 Å². The number of hydrogen-bond acceptors (Lipinski definition) is 3. The van der Waals surface area contributed by atoms with Crippen molar-refractivity contribution in [3.05, 3.63) is 39.7 Å². The molecule has 0 radical (unpaired) electrons. The van der Waals surface area contributed by atoms with Crippen molar-refractivity contribution >= 4 is 22.6 Å². The van der Waals surface area contributed by atoms with E-state index in [1.165, 1.54) is 36.7 Å². The second kappa shape index (κ2) is 7.43. The molecule has 1 aromatic carbocycles. The van der Waals surface area contributed by atoms with Gasteiger partial charge in [-0.1, -0.05) is 19.3 Å². The van der Waals surface area contributed by atoms with Crippen molar-refractivity contribution in [1.29, 1.82) is 0 Å². The number of aromatic nitrogens is 1. The number of fused-ring (bicyclic) bond motifs is 1. The molecule has 0 atom stereocenters. The highest BCUT2D eigenvalue weighted by atomic mass is 19.1. The Kier molecular flexibility index (Phi) is 5.09. The highest BCUT2D eigenvalue weighted by molar-refractivity contribution is 5.93. The summed E-state index contributed by atoms with van der Waals surface area (Å²) in [4.78, 5) is 25.6. The number of carboxylic acid groups (broad SMARTS) is 1. The van der Waals surface area contributed by atoms with E-state index < -0.39 is 28.6 Å². The first kappa shape index (κ1) is 19.9. The molecule has 7 heteroatoms. The first-order chi connectivity index (χ1) is 13.9. The van der Waals surface area contributed by atoms with Gasteiger partial charge in [0, 0.05) is 25.8 Å². The number of halogens is 2. The van der Waals surface area contributed by atoms with E-state index >= 15 is 4.39 Å². The number of aryl methyl sites for hydroxylation is 1. The van der Waals surface area contributed by atoms with Crippen molar-refractivity contribution in [2.75, 3.05) is 18.0 Å². The molecule has 156 valence electrons. The molecule has 5 nitrogen and oxygen atoms in total. The van der Waals surface area contributed by atoms with Crippen LogP contribution in [-0.2, 0) is 6.54 Å². The largest absolute Gasteiger partial charge is 0.477 e. The highest BCUT2D eigenvalue weighted by Gasteiger charge is 2.37. The molecule has 2 aromatic rings. The lowest BCUT2D eigenvalue weighted by molar-refractivity contribution is 0.0695. The van der Waals surface area contributed by atoms with Crippen LogP contribution in [0.2, 0.25) is 0 Å². The predicted octanol–water partition coefficient (Wildman–Crippen LogP) is 4.55. The van der Waals surface area contributed by atoms with Crippen LogP contribution in [0.15, 0.2) is 17.1 Å². The standard InChI is InChI=1S/C22H26F2N2O3/c1-2-25-13-15(21(28)29)20(27)14-12-16(23)19(17(24)18(14)25)26-10-8-22(9-11-26)6-4-3-5-7-22/h12-13H,2-11H2,1H3,(H,28,29). The molecule has 2 aliphatic rings. The van der Waals surface area contributed by atoms with Crippen molar-refractivity contribution in [1.82, 2.24) is 4.57 Å². The second-order valence-electron chi connectivity index (χ2n) is 8.43. The van der Waals surface area contributed by atoms with Gasteiger partial charge in [-0.05, 0) is 44.1 Å². The van der Waals surface area contributed by atoms with Crippen LogP contribution < -0.4 is 10.3 Å². The fourth-order valence-corrected chi connectivity index (χ4v) is 5.17. The average Bonchev–Trinajstić information content (AvgIpc) is 2.70. The minimum Gasteiger partial charge on any atom is -0.477 e. The lowest BCUT2D eigenvalue weighted by Gasteiger charge is -2.45. The Morgan fingerprint density at radius 1 is 1.14 bits per heavy atom. The van der Waals surface area contributed by atoms with Gasteiger partial charge in [-0.3, -0.25) is 4.79 Å². The molecule has 1 N–H and O–H groups in total. The van der Waals surface area contributed by atoms with E-state index in [1.807, 2.05) is 0 Å². The van der Waals surface area contributed by atoms with E-state index in [9.17, 15) is 19.1 Å². The first-order valence-electron chi connectivity index (χ1n) is 10.4. The fourth-order valence-electron chi connectivity index (χ4n) is 5.17. The molecule has 0 bridgehead atoms. The van der Waals surface area contributed by atoms with Crippen molar-refractivity contribution in [3.63, 3.8) is 0 Å². The summed E-state index contributed by atoms with van der Waals surface area (Å²) >= 11 is 0. The third-order valence-electron chi connectivity index (χ3n) is 6.86. The van der Waals surface area contributed by atoms with Crippen LogP contribution in [0, 0.1) is 17.0 Å². The average molecular weight is 404 g/mol. The minimum absolute atomic E-state index is 0.0307. The molecule has 1 aliphatic heterocycles. The fraction of sp³-hybridized carbons (Fsp3) is 0.545. The van der Waals surface area contributed by atoms with Crippen LogP contribution >= 0.6 is 0 Å². The Balaban J connectivity index is 1.77. The molecule has 2 fully saturated rings. The number of nitrogens with zero attached hydrogens (tertiary/aromatic N) is 2. The van der Waals surface area contributed by atoms with Crippen molar-refractivity contribution in [2.45, 2.75) is 58.4 Å². The lowest BCUT2D eigenvalue weighted by atomic mass is 9.68. The van der Waals surface area contributed by atoms with E-state index in [0.29, 0.717) is 18.5 Å². The zero-order valence-electron chi connectivity index (χ0n) is 16.6. The van der Waals surface area contributed by atoms with Crippen LogP contribution in [0.3, 0.4) is 0 Å². The van der Waals surface area contributed by atoms with Crippen LogP contribution in [0.25, 0.3) is 10.9 Å². The zero-order valence-corrected chi connectivity index (χ0v) is 16.6. The van der Waals surface area contributed by atoms with Crippen molar-refractivity contribution in [2.24, 2.45) is 5.41 Å². The number of rotatable bonds is 3. The van der Waals surface area contributed by atoms with Gasteiger partial charge in [0.15, 0.2) is 5.82 Å². The van der Waals surface area contributed by atoms with Gasteiger partial charge in [-0.25, -0.2) is 13.6 Å². The van der Waals surface area contributed by atoms with Crippen LogP contribution in [0.1, 0.15) is 62.2 Å². The number of hydrogen-bond donors (Lipinski definition) is 1. The molecule has 0 unspecified atom stereocenters. The first-order valence-corrected chi connectivity index (χ1v) is 10.4. The van der Waals surface area contributed by atoms with Gasteiger partial charge in [0.2, 0.25) is 5.43 Å². The normalized spacial score (nSPS) is 19.1. The van der Waals surface area contributed by atoms with Gasteiger partial charge in [-0.15, -0.1) is 0 Å². The molecule has 0 amide bonds. The number of piperidine rings is 1. The molecule has 29 heavy (non-hydrogen) atoms. The summed E-state index contributed by atoms with van der Waals surface area (Å²) in [5.74, 6) is -3.00. The molecule has 1 aliphatic carbocycles. The van der Waals surface area contributed by atoms with Gasteiger partial charge in [-0.2, -0.15) is 0 Å². The number of carbonyl (C=O) groups is 1. The quantitative estimate of drug-likeness (QED) is 0.815. The summed E-state index contributed by atoms with van der Waals surface area (Å²) in [6, 6.07) is 1.000. The maximum absolute atomic E-state index is 15.5. The second-order valence-corrected chi connectivity index (χ2v) is 8.43. The number of anilines is 1. The van der Waals surface area contributed by atoms with Gasteiger partial charge in [0.05, 0.1) is 10.9 Å². The summed E-state index contributed by atoms with van der Waals surface area (Å²) in [6.07, 6.45) is 9.09. The Labute approximate surface area is 167 Å². The number of pyridine rings is 1. The van der Waals surface area contributed by atoms with Crippen LogP contribution in [0.5, 0.6) is 0 Å². The van der Waals surface area contributed by atoms with E-state index in [0.717, 1.165) is 25.1 Å². The van der Waals surface area contributed by atoms with E-state index in [-0.39, 0.29) is 23.1 Å². The Bertz CT molecular complexity index is 1020. The predicted molar refractivity (Wildman–Crippen MR) is 108 cm³/mol. The maximum atomic E-state index is 15.5. The molecule has 1 saturated carbocycles. The molecule has 2 heterocycles. The minimum atomic E-state index is -1.40. The van der Waals surface area contributed by atoms with Crippen LogP contribution in [0.4, 0.5) is 14.5 Å². The number of benzene rings is 1. The molecular formula is C22H26F2N2O3. The molecular weight excluding hydrogens is 378 g/mol. The van der Waals surface area contributed by atoms with Crippen LogP contribution in [-0.4, -0.2) is 28.7 Å². The van der Waals surface area contributed by atoms with Crippen molar-refractivity contribution in [3.8, 4) is 0 Å². The SMILES string of the molecule is CCn1cc(C(=O)O)c(=O)c2cc(F)c(N3CCC4(CCCCC4)CC3)c(F)c21. The van der Waals surface area contributed by atoms with Gasteiger partial charge >= 0.3 is 5.97 Å². The molecule has 1 spiro atoms. The van der Waals surface area contributed by atoms with Crippen molar-refractivity contribution < 1.29 is 18.7 Å². The summed E-state index contributed by atoms with van der Waals surface area (Å²) < 4.78 is 31.9. The summed E-state index contributed by atoms with van der Waals surface area (Å²) in [5.41, 5.74) is -1.17. The Morgan fingerprint density at radius 2 is 1.79 bits per heavy atom. The summed E-state index contributed by atoms with van der Waals surface area (Å²) in [7, 11) is 0. The Morgan fingerprint density at radius 3 is 2.38 bits per heavy atom. The van der Waals surface area contributed by atoms with Gasteiger partial charge in [0.25, 0.3) is 0 Å². The van der Waals surface area contributed by atoms with E-state index in [2.05, 4.69) is 0 Å². The number of aromatic carboxylic acids is 1. The lowest BCUT2D eigenvalue weighted by Crippen LogP contribution is -2.42. The maximum Gasteiger partial charge on any atom is 0.341 e. The summed E-state index contributed by atoms with van der Waals surface area (Å²) in [6.45, 7) is 3.17. The molecule has 1 saturated heterocycles.